The zero-order chi connectivity index (χ0) is 21.2. The van der Waals surface area contributed by atoms with Crippen LogP contribution in [0.3, 0.4) is 0 Å². The second-order valence-corrected chi connectivity index (χ2v) is 6.32. The molecule has 0 aliphatic heterocycles. The number of hydrazone groups is 1. The summed E-state index contributed by atoms with van der Waals surface area (Å²) in [7, 11) is 3.03. The molecule has 1 N–H and O–H groups in total. The van der Waals surface area contributed by atoms with Gasteiger partial charge in [-0.3, -0.25) is 4.79 Å². The van der Waals surface area contributed by atoms with Crippen molar-refractivity contribution in [1.82, 2.24) is 5.43 Å². The van der Waals surface area contributed by atoms with Crippen molar-refractivity contribution in [2.45, 2.75) is 20.3 Å². The zero-order valence-corrected chi connectivity index (χ0v) is 17.7. The fourth-order valence-corrected chi connectivity index (χ4v) is 2.71. The lowest BCUT2D eigenvalue weighted by molar-refractivity contribution is 0.0954. The minimum atomic E-state index is -0.405. The van der Waals surface area contributed by atoms with Gasteiger partial charge in [-0.1, -0.05) is 18.5 Å². The van der Waals surface area contributed by atoms with Crippen LogP contribution in [0.2, 0.25) is 5.02 Å². The largest absolute Gasteiger partial charge is 0.497 e. The predicted molar refractivity (Wildman–Crippen MR) is 113 cm³/mol. The van der Waals surface area contributed by atoms with Crippen molar-refractivity contribution >= 4 is 23.7 Å². The van der Waals surface area contributed by atoms with Gasteiger partial charge in [0.1, 0.15) is 11.5 Å². The van der Waals surface area contributed by atoms with E-state index in [0.29, 0.717) is 52.4 Å². The molecule has 156 valence electrons. The van der Waals surface area contributed by atoms with Gasteiger partial charge in [0.25, 0.3) is 5.91 Å². The highest BCUT2D eigenvalue weighted by Crippen LogP contribution is 2.36. The molecule has 0 fully saturated rings. The van der Waals surface area contributed by atoms with Gasteiger partial charge in [0.05, 0.1) is 38.7 Å². The third kappa shape index (κ3) is 6.29. The van der Waals surface area contributed by atoms with Gasteiger partial charge >= 0.3 is 0 Å². The highest BCUT2D eigenvalue weighted by atomic mass is 35.5. The average Bonchev–Trinajstić information content (AvgIpc) is 2.72. The fourth-order valence-electron chi connectivity index (χ4n) is 2.44. The number of carbonyl (C=O) groups is 1. The number of rotatable bonds is 10. The Labute approximate surface area is 175 Å². The number of hydrogen-bond acceptors (Lipinski definition) is 6. The van der Waals surface area contributed by atoms with Crippen molar-refractivity contribution in [3.8, 4) is 23.0 Å². The Balaban J connectivity index is 2.16. The van der Waals surface area contributed by atoms with Crippen LogP contribution in [0, 0.1) is 0 Å². The summed E-state index contributed by atoms with van der Waals surface area (Å²) in [5.74, 6) is 1.64. The van der Waals surface area contributed by atoms with E-state index >= 15 is 0 Å². The van der Waals surface area contributed by atoms with Crippen molar-refractivity contribution in [1.29, 1.82) is 0 Å². The summed E-state index contributed by atoms with van der Waals surface area (Å²) in [5, 5.41) is 4.41. The van der Waals surface area contributed by atoms with Crippen molar-refractivity contribution in [3.63, 3.8) is 0 Å². The number of methoxy groups -OCH3 is 2. The molecule has 2 aromatic rings. The Morgan fingerprint density at radius 2 is 1.76 bits per heavy atom. The molecule has 0 unspecified atom stereocenters. The molecule has 0 aromatic heterocycles. The lowest BCUT2D eigenvalue weighted by atomic mass is 10.2. The van der Waals surface area contributed by atoms with Crippen molar-refractivity contribution < 1.29 is 23.7 Å². The number of nitrogens with one attached hydrogen (secondary N) is 1. The Bertz CT molecular complexity index is 848. The summed E-state index contributed by atoms with van der Waals surface area (Å²) in [4.78, 5) is 12.4. The van der Waals surface area contributed by atoms with Crippen LogP contribution in [0.5, 0.6) is 23.0 Å². The Morgan fingerprint density at radius 3 is 2.34 bits per heavy atom. The van der Waals surface area contributed by atoms with Gasteiger partial charge in [0.15, 0.2) is 11.5 Å². The molecule has 0 atom stereocenters. The van der Waals surface area contributed by atoms with Crippen LogP contribution in [0.1, 0.15) is 36.2 Å². The predicted octanol–water partition coefficient (Wildman–Crippen LogP) is 4.31. The Hall–Kier alpha value is -2.93. The van der Waals surface area contributed by atoms with Crippen LogP contribution < -0.4 is 24.4 Å². The first-order valence-electron chi connectivity index (χ1n) is 9.17. The van der Waals surface area contributed by atoms with Gasteiger partial charge in [0, 0.05) is 11.6 Å². The third-order valence-corrected chi connectivity index (χ3v) is 4.06. The molecule has 0 radical (unpaired) electrons. The summed E-state index contributed by atoms with van der Waals surface area (Å²) in [6, 6.07) is 8.32. The Kier molecular flexibility index (Phi) is 8.61. The summed E-state index contributed by atoms with van der Waals surface area (Å²) in [5.41, 5.74) is 3.49. The van der Waals surface area contributed by atoms with E-state index in [1.165, 1.54) is 20.4 Å². The second kappa shape index (κ2) is 11.2. The van der Waals surface area contributed by atoms with Gasteiger partial charge < -0.3 is 18.9 Å². The first-order valence-corrected chi connectivity index (χ1v) is 9.55. The summed E-state index contributed by atoms with van der Waals surface area (Å²) >= 11 is 6.33. The van der Waals surface area contributed by atoms with Gasteiger partial charge in [-0.05, 0) is 43.2 Å². The van der Waals surface area contributed by atoms with Crippen LogP contribution in [0.15, 0.2) is 35.4 Å². The van der Waals surface area contributed by atoms with Gasteiger partial charge in [-0.25, -0.2) is 5.43 Å². The minimum Gasteiger partial charge on any atom is -0.497 e. The molecule has 1 amide bonds. The number of hydrogen-bond donors (Lipinski definition) is 1. The zero-order valence-electron chi connectivity index (χ0n) is 17.0. The lowest BCUT2D eigenvalue weighted by Gasteiger charge is -2.13. The maximum Gasteiger partial charge on any atom is 0.271 e. The Morgan fingerprint density at radius 1 is 1.07 bits per heavy atom. The number of amides is 1. The standard InChI is InChI=1S/C21H25ClN2O5/c1-5-7-29-20-18(22)8-14(9-19(20)28-6-2)13-23-24-21(25)15-10-16(26-3)12-17(11-15)27-4/h8-13H,5-7H2,1-4H3,(H,24,25)/b23-13-. The van der Waals surface area contributed by atoms with E-state index in [1.54, 1.807) is 30.3 Å². The van der Waals surface area contributed by atoms with E-state index in [0.717, 1.165) is 6.42 Å². The van der Waals surface area contributed by atoms with E-state index in [9.17, 15) is 4.79 Å². The lowest BCUT2D eigenvalue weighted by Crippen LogP contribution is -2.17. The van der Waals surface area contributed by atoms with Crippen LogP contribution in [0.25, 0.3) is 0 Å². The number of benzene rings is 2. The topological polar surface area (TPSA) is 78.4 Å². The summed E-state index contributed by atoms with van der Waals surface area (Å²) in [6.07, 6.45) is 2.33. The molecule has 8 heteroatoms. The second-order valence-electron chi connectivity index (χ2n) is 5.91. The molecule has 0 spiro atoms. The van der Waals surface area contributed by atoms with Crippen molar-refractivity contribution in [2.24, 2.45) is 5.10 Å². The van der Waals surface area contributed by atoms with E-state index in [1.807, 2.05) is 13.8 Å². The van der Waals surface area contributed by atoms with Gasteiger partial charge in [-0.15, -0.1) is 0 Å². The van der Waals surface area contributed by atoms with Crippen LogP contribution in [0.4, 0.5) is 0 Å². The monoisotopic (exact) mass is 420 g/mol. The smallest absolute Gasteiger partial charge is 0.271 e. The minimum absolute atomic E-state index is 0.356. The van der Waals surface area contributed by atoms with E-state index in [2.05, 4.69) is 10.5 Å². The molecular weight excluding hydrogens is 396 g/mol. The molecule has 2 aromatic carbocycles. The summed E-state index contributed by atoms with van der Waals surface area (Å²) < 4.78 is 21.6. The molecule has 0 saturated carbocycles. The van der Waals surface area contributed by atoms with Crippen molar-refractivity contribution in [3.05, 3.63) is 46.5 Å². The van der Waals surface area contributed by atoms with E-state index in [4.69, 9.17) is 30.5 Å². The summed E-state index contributed by atoms with van der Waals surface area (Å²) in [6.45, 7) is 4.89. The first kappa shape index (κ1) is 22.4. The molecule has 0 heterocycles. The van der Waals surface area contributed by atoms with Gasteiger partial charge in [-0.2, -0.15) is 5.10 Å². The van der Waals surface area contributed by atoms with E-state index in [-0.39, 0.29) is 0 Å². The molecular formula is C21H25ClN2O5. The molecule has 0 saturated heterocycles. The highest BCUT2D eigenvalue weighted by Gasteiger charge is 2.12. The number of halogens is 1. The fraction of sp³-hybridized carbons (Fsp3) is 0.333. The first-order chi connectivity index (χ1) is 14.0. The maximum atomic E-state index is 12.4. The molecule has 0 aliphatic rings. The quantitative estimate of drug-likeness (QED) is 0.457. The number of carbonyl (C=O) groups excluding carboxylic acids is 1. The number of nitrogens with zero attached hydrogens (tertiary/aromatic N) is 1. The molecule has 7 nitrogen and oxygen atoms in total. The molecule has 0 bridgehead atoms. The number of ether oxygens (including phenoxy) is 4. The average molecular weight is 421 g/mol. The van der Waals surface area contributed by atoms with Crippen LogP contribution in [-0.2, 0) is 0 Å². The van der Waals surface area contributed by atoms with Crippen LogP contribution >= 0.6 is 11.6 Å². The third-order valence-electron chi connectivity index (χ3n) is 3.78. The SMILES string of the molecule is CCCOc1c(Cl)cc(/C=N\NC(=O)c2cc(OC)cc(OC)c2)cc1OCC. The molecule has 29 heavy (non-hydrogen) atoms. The van der Waals surface area contributed by atoms with E-state index < -0.39 is 5.91 Å². The maximum absolute atomic E-state index is 12.4. The van der Waals surface area contributed by atoms with Crippen molar-refractivity contribution in [2.75, 3.05) is 27.4 Å². The van der Waals surface area contributed by atoms with Crippen LogP contribution in [-0.4, -0.2) is 39.6 Å². The van der Waals surface area contributed by atoms with Gasteiger partial charge in [0.2, 0.25) is 0 Å². The molecule has 0 aliphatic carbocycles. The highest BCUT2D eigenvalue weighted by molar-refractivity contribution is 6.32. The molecule has 2 rings (SSSR count). The normalized spacial score (nSPS) is 10.7.